The normalized spacial score (nSPS) is 40.1. The molecule has 1 saturated heterocycles. The molecule has 0 aromatic carbocycles. The summed E-state index contributed by atoms with van der Waals surface area (Å²) in [5.41, 5.74) is 2.83. The van der Waals surface area contributed by atoms with Crippen molar-refractivity contribution in [3.63, 3.8) is 0 Å². The molecule has 1 fully saturated rings. The van der Waals surface area contributed by atoms with E-state index in [0.717, 1.165) is 37.9 Å². The number of nitrogens with zero attached hydrogens (tertiary/aromatic N) is 1. The lowest BCUT2D eigenvalue weighted by molar-refractivity contribution is -0.125. The van der Waals surface area contributed by atoms with Gasteiger partial charge in [-0.3, -0.25) is 4.98 Å². The minimum absolute atomic E-state index is 0.205. The van der Waals surface area contributed by atoms with Crippen LogP contribution in [0, 0.1) is 5.92 Å². The van der Waals surface area contributed by atoms with Crippen LogP contribution in [0.5, 0.6) is 0 Å². The quantitative estimate of drug-likeness (QED) is 0.697. The zero-order valence-electron chi connectivity index (χ0n) is 11.3. The van der Waals surface area contributed by atoms with Crippen molar-refractivity contribution in [2.75, 3.05) is 6.54 Å². The summed E-state index contributed by atoms with van der Waals surface area (Å²) in [5.74, 6) is 0.205. The summed E-state index contributed by atoms with van der Waals surface area (Å²) in [4.78, 5) is 4.56. The van der Waals surface area contributed by atoms with Crippen molar-refractivity contribution < 1.29 is 5.11 Å². The standard InChI is InChI=1S/C16H20N2O/c1-11-8-12-9-14-13(4-2-6-17-14)15(10-11)16(12,19)5-3-7-18-15/h2,4,6,8,12,18-19H,3,5,7,9-10H2,1H3/t12-,15-,16-/m0/s1. The Balaban J connectivity index is 2.00. The van der Waals surface area contributed by atoms with Gasteiger partial charge in [0.15, 0.2) is 0 Å². The van der Waals surface area contributed by atoms with Crippen LogP contribution in [0.25, 0.3) is 0 Å². The first kappa shape index (κ1) is 11.6. The second kappa shape index (κ2) is 3.68. The first-order valence-corrected chi connectivity index (χ1v) is 7.25. The van der Waals surface area contributed by atoms with E-state index in [2.05, 4.69) is 29.4 Å². The van der Waals surface area contributed by atoms with E-state index in [4.69, 9.17) is 0 Å². The van der Waals surface area contributed by atoms with Gasteiger partial charge in [0.05, 0.1) is 11.1 Å². The predicted molar refractivity (Wildman–Crippen MR) is 73.7 cm³/mol. The highest BCUT2D eigenvalue weighted by atomic mass is 16.3. The van der Waals surface area contributed by atoms with Gasteiger partial charge in [-0.15, -0.1) is 0 Å². The molecule has 2 bridgehead atoms. The van der Waals surface area contributed by atoms with Gasteiger partial charge >= 0.3 is 0 Å². The van der Waals surface area contributed by atoms with E-state index in [1.54, 1.807) is 0 Å². The number of pyridine rings is 1. The highest BCUT2D eigenvalue weighted by Crippen LogP contribution is 2.55. The van der Waals surface area contributed by atoms with Crippen LogP contribution in [0.1, 0.15) is 37.4 Å². The van der Waals surface area contributed by atoms with Crippen LogP contribution in [0.15, 0.2) is 30.0 Å². The van der Waals surface area contributed by atoms with Gasteiger partial charge in [-0.2, -0.15) is 0 Å². The summed E-state index contributed by atoms with van der Waals surface area (Å²) < 4.78 is 0. The third-order valence-electron chi connectivity index (χ3n) is 5.31. The van der Waals surface area contributed by atoms with Crippen molar-refractivity contribution in [2.45, 2.75) is 43.7 Å². The van der Waals surface area contributed by atoms with Gasteiger partial charge in [-0.05, 0) is 50.8 Å². The zero-order chi connectivity index (χ0) is 13.1. The summed E-state index contributed by atoms with van der Waals surface area (Å²) in [6.07, 6.45) is 7.87. The number of fused-ring (bicyclic) bond motifs is 1. The summed E-state index contributed by atoms with van der Waals surface area (Å²) in [6, 6.07) is 4.15. The van der Waals surface area contributed by atoms with Crippen molar-refractivity contribution in [1.82, 2.24) is 10.3 Å². The molecule has 0 unspecified atom stereocenters. The minimum atomic E-state index is -0.638. The Bertz CT molecular complexity index is 568. The van der Waals surface area contributed by atoms with E-state index >= 15 is 0 Å². The van der Waals surface area contributed by atoms with E-state index in [-0.39, 0.29) is 11.5 Å². The largest absolute Gasteiger partial charge is 0.387 e. The third-order valence-corrected chi connectivity index (χ3v) is 5.31. The van der Waals surface area contributed by atoms with E-state index in [1.807, 2.05) is 12.3 Å². The van der Waals surface area contributed by atoms with Crippen molar-refractivity contribution >= 4 is 0 Å². The van der Waals surface area contributed by atoms with Gasteiger partial charge in [-0.25, -0.2) is 0 Å². The first-order valence-electron chi connectivity index (χ1n) is 7.25. The number of hydrogen-bond donors (Lipinski definition) is 2. The lowest BCUT2D eigenvalue weighted by atomic mass is 9.54. The SMILES string of the molecule is CC1=C[C@H]2Cc3ncccc3[C@]3(C1)NCCC[C@]23O. The maximum absolute atomic E-state index is 11.4. The molecule has 0 saturated carbocycles. The average molecular weight is 256 g/mol. The summed E-state index contributed by atoms with van der Waals surface area (Å²) in [5, 5.41) is 15.1. The van der Waals surface area contributed by atoms with E-state index in [9.17, 15) is 5.11 Å². The molecule has 3 heteroatoms. The molecule has 3 aliphatic rings. The zero-order valence-corrected chi connectivity index (χ0v) is 11.3. The fourth-order valence-electron chi connectivity index (χ4n) is 4.55. The molecule has 0 radical (unpaired) electrons. The van der Waals surface area contributed by atoms with Crippen LogP contribution in [-0.2, 0) is 12.0 Å². The van der Waals surface area contributed by atoms with Gasteiger partial charge in [0.2, 0.25) is 0 Å². The van der Waals surface area contributed by atoms with E-state index in [0.29, 0.717) is 0 Å². The Hall–Kier alpha value is -1.19. The lowest BCUT2D eigenvalue weighted by Crippen LogP contribution is -2.70. The Morgan fingerprint density at radius 3 is 3.26 bits per heavy atom. The molecule has 0 spiro atoms. The summed E-state index contributed by atoms with van der Waals surface area (Å²) >= 11 is 0. The number of aromatic nitrogens is 1. The van der Waals surface area contributed by atoms with Crippen LogP contribution in [0.3, 0.4) is 0 Å². The highest BCUT2D eigenvalue weighted by molar-refractivity contribution is 5.43. The smallest absolute Gasteiger partial charge is 0.0940 e. The van der Waals surface area contributed by atoms with Crippen LogP contribution in [0.2, 0.25) is 0 Å². The molecule has 3 atom stereocenters. The van der Waals surface area contributed by atoms with Gasteiger partial charge in [-0.1, -0.05) is 17.7 Å². The summed E-state index contributed by atoms with van der Waals surface area (Å²) in [7, 11) is 0. The number of piperidine rings is 1. The van der Waals surface area contributed by atoms with Crippen LogP contribution < -0.4 is 5.32 Å². The molecule has 19 heavy (non-hydrogen) atoms. The maximum atomic E-state index is 11.4. The van der Waals surface area contributed by atoms with Gasteiger partial charge < -0.3 is 10.4 Å². The predicted octanol–water partition coefficient (Wildman–Crippen LogP) is 1.91. The second-order valence-electron chi connectivity index (χ2n) is 6.36. The van der Waals surface area contributed by atoms with Crippen molar-refractivity contribution in [3.05, 3.63) is 41.2 Å². The fraction of sp³-hybridized carbons (Fsp3) is 0.562. The van der Waals surface area contributed by atoms with Gasteiger partial charge in [0.25, 0.3) is 0 Å². The van der Waals surface area contributed by atoms with Crippen LogP contribution >= 0.6 is 0 Å². The molecule has 1 aromatic rings. The number of nitrogens with one attached hydrogen (secondary N) is 1. The summed E-state index contributed by atoms with van der Waals surface area (Å²) in [6.45, 7) is 3.17. The highest BCUT2D eigenvalue weighted by Gasteiger charge is 2.61. The van der Waals surface area contributed by atoms with E-state index < -0.39 is 5.60 Å². The Morgan fingerprint density at radius 2 is 2.37 bits per heavy atom. The molecule has 100 valence electrons. The fourth-order valence-corrected chi connectivity index (χ4v) is 4.55. The minimum Gasteiger partial charge on any atom is -0.387 e. The lowest BCUT2D eigenvalue weighted by Gasteiger charge is -2.59. The van der Waals surface area contributed by atoms with Crippen molar-refractivity contribution in [3.8, 4) is 0 Å². The monoisotopic (exact) mass is 256 g/mol. The molecule has 0 amide bonds. The van der Waals surface area contributed by atoms with Crippen molar-refractivity contribution in [1.29, 1.82) is 0 Å². The molecular formula is C16H20N2O. The average Bonchev–Trinajstić information content (AvgIpc) is 2.39. The second-order valence-corrected chi connectivity index (χ2v) is 6.36. The van der Waals surface area contributed by atoms with Crippen LogP contribution in [-0.4, -0.2) is 22.2 Å². The molecule has 1 aromatic heterocycles. The molecule has 3 nitrogen and oxygen atoms in total. The third kappa shape index (κ3) is 1.32. The Labute approximate surface area is 113 Å². The number of aliphatic hydroxyl groups is 1. The van der Waals surface area contributed by atoms with Gasteiger partial charge in [0, 0.05) is 17.8 Å². The number of hydrogen-bond acceptors (Lipinski definition) is 3. The molecular weight excluding hydrogens is 236 g/mol. The topological polar surface area (TPSA) is 45.2 Å². The molecule has 2 heterocycles. The number of rotatable bonds is 0. The van der Waals surface area contributed by atoms with Crippen LogP contribution in [0.4, 0.5) is 0 Å². The first-order chi connectivity index (χ1) is 9.16. The molecule has 4 rings (SSSR count). The van der Waals surface area contributed by atoms with Gasteiger partial charge in [0.1, 0.15) is 0 Å². The molecule has 2 aliphatic carbocycles. The Kier molecular flexibility index (Phi) is 2.25. The Morgan fingerprint density at radius 1 is 1.47 bits per heavy atom. The molecule has 1 aliphatic heterocycles. The van der Waals surface area contributed by atoms with E-state index in [1.165, 1.54) is 11.1 Å². The molecule has 2 N–H and O–H groups in total. The maximum Gasteiger partial charge on any atom is 0.0940 e. The van der Waals surface area contributed by atoms with Crippen molar-refractivity contribution in [2.24, 2.45) is 5.92 Å².